The summed E-state index contributed by atoms with van der Waals surface area (Å²) >= 11 is 4.87. The highest BCUT2D eigenvalue weighted by Gasteiger charge is 2.17. The van der Waals surface area contributed by atoms with Gasteiger partial charge in [-0.15, -0.1) is 0 Å². The normalized spacial score (nSPS) is 10.7. The first-order valence-corrected chi connectivity index (χ1v) is 6.61. The van der Waals surface area contributed by atoms with Crippen LogP contribution in [0, 0.1) is 3.57 Å². The highest BCUT2D eigenvalue weighted by molar-refractivity contribution is 14.1. The Balaban J connectivity index is 2.98. The third-order valence-electron chi connectivity index (χ3n) is 1.86. The summed E-state index contributed by atoms with van der Waals surface area (Å²) in [4.78, 5) is 15.2. The molecule has 0 radical (unpaired) electrons. The van der Waals surface area contributed by atoms with Crippen LogP contribution in [0.1, 0.15) is 24.6 Å². The molecule has 0 unspecified atom stereocenters. The molecule has 0 aliphatic rings. The lowest BCUT2D eigenvalue weighted by Gasteiger charge is -2.08. The Morgan fingerprint density at radius 2 is 2.29 bits per heavy atom. The molecule has 3 nitrogen and oxygen atoms in total. The van der Waals surface area contributed by atoms with Crippen LogP contribution in [-0.4, -0.2) is 17.6 Å². The van der Waals surface area contributed by atoms with E-state index in [-0.39, 0.29) is 24.3 Å². The zero-order valence-corrected chi connectivity index (χ0v) is 12.6. The number of alkyl halides is 2. The van der Waals surface area contributed by atoms with Gasteiger partial charge in [-0.3, -0.25) is 4.79 Å². The summed E-state index contributed by atoms with van der Waals surface area (Å²) < 4.78 is 30.8. The molecule has 0 atom stereocenters. The molecule has 0 saturated heterocycles. The molecule has 0 N–H and O–H groups in total. The van der Waals surface area contributed by atoms with Crippen molar-refractivity contribution < 1.29 is 18.3 Å². The first kappa shape index (κ1) is 14.7. The average Bonchev–Trinajstić information content (AvgIpc) is 2.23. The Kier molecular flexibility index (Phi) is 5.71. The third-order valence-corrected chi connectivity index (χ3v) is 4.31. The van der Waals surface area contributed by atoms with Crippen LogP contribution in [-0.2, 0) is 16.0 Å². The minimum atomic E-state index is -2.60. The number of carbonyl (C=O) groups excluding carboxylic acids is 1. The van der Waals surface area contributed by atoms with Crippen molar-refractivity contribution in [1.82, 2.24) is 4.98 Å². The number of hydrogen-bond donors (Lipinski definition) is 0. The standard InChI is InChI=1S/C10H9BrF2INO2/c1-2-17-7(16)4-5-3-6(10(12)13)8(14)9(11)15-5/h3,10H,2,4H2,1H3. The van der Waals surface area contributed by atoms with E-state index in [1.165, 1.54) is 6.07 Å². The van der Waals surface area contributed by atoms with E-state index in [2.05, 4.69) is 20.9 Å². The van der Waals surface area contributed by atoms with Gasteiger partial charge < -0.3 is 4.74 Å². The molecular weight excluding hydrogens is 411 g/mol. The van der Waals surface area contributed by atoms with Gasteiger partial charge in [-0.2, -0.15) is 0 Å². The average molecular weight is 420 g/mol. The van der Waals surface area contributed by atoms with E-state index in [1.807, 2.05) is 0 Å². The van der Waals surface area contributed by atoms with Crippen molar-refractivity contribution in [2.24, 2.45) is 0 Å². The molecule has 0 aliphatic carbocycles. The number of pyridine rings is 1. The largest absolute Gasteiger partial charge is 0.466 e. The summed E-state index contributed by atoms with van der Waals surface area (Å²) in [5.74, 6) is -0.478. The summed E-state index contributed by atoms with van der Waals surface area (Å²) in [5.41, 5.74) is 0.137. The second kappa shape index (κ2) is 6.58. The molecule has 0 bridgehead atoms. The predicted molar refractivity (Wildman–Crippen MR) is 69.9 cm³/mol. The van der Waals surface area contributed by atoms with Crippen molar-refractivity contribution in [2.75, 3.05) is 6.61 Å². The summed E-state index contributed by atoms with van der Waals surface area (Å²) in [6, 6.07) is 1.23. The molecule has 0 fully saturated rings. The smallest absolute Gasteiger partial charge is 0.311 e. The summed E-state index contributed by atoms with van der Waals surface area (Å²) in [6.45, 7) is 1.94. The van der Waals surface area contributed by atoms with Crippen molar-refractivity contribution in [1.29, 1.82) is 0 Å². The molecule has 17 heavy (non-hydrogen) atoms. The molecule has 0 amide bonds. The minimum absolute atomic E-state index is 0.108. The quantitative estimate of drug-likeness (QED) is 0.426. The van der Waals surface area contributed by atoms with Crippen molar-refractivity contribution >= 4 is 44.5 Å². The van der Waals surface area contributed by atoms with E-state index in [0.717, 1.165) is 0 Å². The van der Waals surface area contributed by atoms with Gasteiger partial charge in [-0.05, 0) is 51.5 Å². The molecular formula is C10H9BrF2INO2. The number of halogens is 4. The van der Waals surface area contributed by atoms with Gasteiger partial charge in [0.15, 0.2) is 0 Å². The van der Waals surface area contributed by atoms with Gasteiger partial charge in [0.05, 0.1) is 22.3 Å². The van der Waals surface area contributed by atoms with Gasteiger partial charge in [0.25, 0.3) is 6.43 Å². The molecule has 1 aromatic rings. The number of aromatic nitrogens is 1. The monoisotopic (exact) mass is 419 g/mol. The van der Waals surface area contributed by atoms with Crippen molar-refractivity contribution in [3.63, 3.8) is 0 Å². The van der Waals surface area contributed by atoms with Crippen LogP contribution in [0.5, 0.6) is 0 Å². The Bertz CT molecular complexity index is 429. The Morgan fingerprint density at radius 1 is 1.65 bits per heavy atom. The second-order valence-electron chi connectivity index (χ2n) is 3.09. The molecule has 94 valence electrons. The van der Waals surface area contributed by atoms with Gasteiger partial charge >= 0.3 is 5.97 Å². The highest BCUT2D eigenvalue weighted by Crippen LogP contribution is 2.29. The first-order chi connectivity index (χ1) is 7.95. The van der Waals surface area contributed by atoms with E-state index >= 15 is 0 Å². The lowest BCUT2D eigenvalue weighted by atomic mass is 10.2. The van der Waals surface area contributed by atoms with Crippen LogP contribution in [0.25, 0.3) is 0 Å². The van der Waals surface area contributed by atoms with Crippen LogP contribution in [0.3, 0.4) is 0 Å². The minimum Gasteiger partial charge on any atom is -0.466 e. The number of hydrogen-bond acceptors (Lipinski definition) is 3. The molecule has 1 aromatic heterocycles. The molecule has 1 rings (SSSR count). The summed E-state index contributed by atoms with van der Waals surface area (Å²) in [7, 11) is 0. The number of esters is 1. The van der Waals surface area contributed by atoms with Gasteiger partial charge in [0.2, 0.25) is 0 Å². The first-order valence-electron chi connectivity index (χ1n) is 4.74. The lowest BCUT2D eigenvalue weighted by Crippen LogP contribution is -2.10. The SMILES string of the molecule is CCOC(=O)Cc1cc(C(F)F)c(I)c(Br)n1. The zero-order valence-electron chi connectivity index (χ0n) is 8.84. The number of ether oxygens (including phenoxy) is 1. The maximum atomic E-state index is 12.7. The van der Waals surface area contributed by atoms with Crippen molar-refractivity contribution in [3.05, 3.63) is 25.5 Å². The molecule has 0 spiro atoms. The molecule has 1 heterocycles. The fourth-order valence-corrected chi connectivity index (χ4v) is 2.15. The van der Waals surface area contributed by atoms with E-state index in [0.29, 0.717) is 8.17 Å². The maximum Gasteiger partial charge on any atom is 0.311 e. The van der Waals surface area contributed by atoms with Crippen molar-refractivity contribution in [3.8, 4) is 0 Å². The number of carbonyl (C=O) groups is 1. The Hall–Kier alpha value is -0.310. The molecule has 0 aromatic carbocycles. The van der Waals surface area contributed by atoms with E-state index in [4.69, 9.17) is 4.74 Å². The van der Waals surface area contributed by atoms with Crippen LogP contribution in [0.2, 0.25) is 0 Å². The van der Waals surface area contributed by atoms with Crippen LogP contribution in [0.4, 0.5) is 8.78 Å². The van der Waals surface area contributed by atoms with Gasteiger partial charge in [0, 0.05) is 5.56 Å². The third kappa shape index (κ3) is 4.13. The number of nitrogens with zero attached hydrogens (tertiary/aromatic N) is 1. The Morgan fingerprint density at radius 3 is 2.82 bits per heavy atom. The summed E-state index contributed by atoms with van der Waals surface area (Å²) in [5, 5.41) is 0. The van der Waals surface area contributed by atoms with E-state index < -0.39 is 12.4 Å². The zero-order chi connectivity index (χ0) is 13.0. The fraction of sp³-hybridized carbons (Fsp3) is 0.400. The van der Waals surface area contributed by atoms with Gasteiger partial charge in [0.1, 0.15) is 4.60 Å². The van der Waals surface area contributed by atoms with E-state index in [9.17, 15) is 13.6 Å². The Labute approximate surface area is 119 Å². The second-order valence-corrected chi connectivity index (χ2v) is 4.92. The molecule has 7 heteroatoms. The van der Waals surface area contributed by atoms with Crippen LogP contribution >= 0.6 is 38.5 Å². The van der Waals surface area contributed by atoms with Crippen LogP contribution < -0.4 is 0 Å². The topological polar surface area (TPSA) is 39.2 Å². The van der Waals surface area contributed by atoms with E-state index in [1.54, 1.807) is 29.5 Å². The van der Waals surface area contributed by atoms with Gasteiger partial charge in [-0.1, -0.05) is 0 Å². The van der Waals surface area contributed by atoms with Gasteiger partial charge in [-0.25, -0.2) is 13.8 Å². The lowest BCUT2D eigenvalue weighted by molar-refractivity contribution is -0.142. The van der Waals surface area contributed by atoms with Crippen LogP contribution in [0.15, 0.2) is 10.7 Å². The highest BCUT2D eigenvalue weighted by atomic mass is 127. The predicted octanol–water partition coefficient (Wildman–Crippen LogP) is 3.49. The fourth-order valence-electron chi connectivity index (χ4n) is 1.18. The maximum absolute atomic E-state index is 12.7. The van der Waals surface area contributed by atoms with Crippen molar-refractivity contribution in [2.45, 2.75) is 19.8 Å². The molecule has 0 aliphatic heterocycles. The summed E-state index contributed by atoms with van der Waals surface area (Å²) in [6.07, 6.45) is -2.70. The molecule has 0 saturated carbocycles. The number of rotatable bonds is 4.